The van der Waals surface area contributed by atoms with Gasteiger partial charge in [-0.05, 0) is 54.3 Å². The number of anilines is 2. The number of hydrogen-bond acceptors (Lipinski definition) is 6. The molecule has 1 aromatic heterocycles. The van der Waals surface area contributed by atoms with E-state index in [9.17, 15) is 8.42 Å². The maximum Gasteiger partial charge on any atom is 0.230 e. The first kappa shape index (κ1) is 19.1. The zero-order valence-electron chi connectivity index (χ0n) is 16.2. The van der Waals surface area contributed by atoms with Crippen molar-refractivity contribution in [2.24, 2.45) is 0 Å². The molecule has 0 atom stereocenters. The molecule has 0 amide bonds. The second-order valence-corrected chi connectivity index (χ2v) is 9.38. The van der Waals surface area contributed by atoms with Crippen molar-refractivity contribution in [3.63, 3.8) is 0 Å². The van der Waals surface area contributed by atoms with Gasteiger partial charge in [0, 0.05) is 24.2 Å². The zero-order chi connectivity index (χ0) is 20.4. The van der Waals surface area contributed by atoms with Crippen molar-refractivity contribution in [2.75, 3.05) is 11.6 Å². The minimum Gasteiger partial charge on any atom is -0.439 e. The van der Waals surface area contributed by atoms with Crippen molar-refractivity contribution in [3.8, 4) is 11.6 Å². The maximum atomic E-state index is 11.5. The van der Waals surface area contributed by atoms with Crippen molar-refractivity contribution < 1.29 is 13.2 Å². The lowest BCUT2D eigenvalue weighted by Crippen LogP contribution is -2.02. The Kier molecular flexibility index (Phi) is 5.07. The van der Waals surface area contributed by atoms with E-state index in [-0.39, 0.29) is 5.75 Å². The van der Waals surface area contributed by atoms with Gasteiger partial charge in [-0.1, -0.05) is 29.8 Å². The summed E-state index contributed by atoms with van der Waals surface area (Å²) in [6, 6.07) is 14.9. The molecule has 0 bridgehead atoms. The number of rotatable bonds is 6. The Morgan fingerprint density at radius 2 is 2.00 bits per heavy atom. The first-order valence-corrected chi connectivity index (χ1v) is 11.2. The summed E-state index contributed by atoms with van der Waals surface area (Å²) in [5.41, 5.74) is 5.22. The number of hydrogen-bond donors (Lipinski definition) is 1. The lowest BCUT2D eigenvalue weighted by molar-refractivity contribution is 0.462. The molecule has 2 aromatic carbocycles. The molecule has 0 radical (unpaired) electrons. The van der Waals surface area contributed by atoms with E-state index in [4.69, 9.17) is 4.74 Å². The standard InChI is InChI=1S/C22H21N3O3S/c1-15-10-17-6-7-20(13-18(17)11-15)28-21-8-9-23-22(25-21)24-19-5-3-4-16(12-19)14-29(2,26)27/h3-9,11-13H,10,14H2,1-2H3,(H,23,24,25). The Hall–Kier alpha value is -3.19. The fourth-order valence-corrected chi connectivity index (χ4v) is 4.08. The summed E-state index contributed by atoms with van der Waals surface area (Å²) < 4.78 is 28.9. The van der Waals surface area contributed by atoms with E-state index >= 15 is 0 Å². The number of aromatic nitrogens is 2. The summed E-state index contributed by atoms with van der Waals surface area (Å²) in [4.78, 5) is 8.62. The van der Waals surface area contributed by atoms with Crippen LogP contribution in [0, 0.1) is 0 Å². The molecule has 6 nitrogen and oxygen atoms in total. The first-order chi connectivity index (χ1) is 13.8. The Morgan fingerprint density at radius 1 is 1.14 bits per heavy atom. The first-order valence-electron chi connectivity index (χ1n) is 9.19. The summed E-state index contributed by atoms with van der Waals surface area (Å²) in [6.07, 6.45) is 5.98. The number of ether oxygens (including phenoxy) is 1. The fourth-order valence-electron chi connectivity index (χ4n) is 3.30. The molecular weight excluding hydrogens is 386 g/mol. The third kappa shape index (κ3) is 5.00. The van der Waals surface area contributed by atoms with Crippen molar-refractivity contribution in [1.82, 2.24) is 9.97 Å². The molecule has 1 N–H and O–H groups in total. The molecule has 1 aliphatic rings. The average Bonchev–Trinajstić information content (AvgIpc) is 3.00. The van der Waals surface area contributed by atoms with Gasteiger partial charge in [0.2, 0.25) is 11.8 Å². The second-order valence-electron chi connectivity index (χ2n) is 7.24. The predicted octanol–water partition coefficient (Wildman–Crippen LogP) is 4.52. The molecule has 0 unspecified atom stereocenters. The third-order valence-corrected chi connectivity index (χ3v) is 5.31. The van der Waals surface area contributed by atoms with Crippen LogP contribution in [0.5, 0.6) is 11.6 Å². The number of fused-ring (bicyclic) bond motifs is 1. The summed E-state index contributed by atoms with van der Waals surface area (Å²) >= 11 is 0. The van der Waals surface area contributed by atoms with E-state index in [0.29, 0.717) is 23.1 Å². The number of sulfone groups is 1. The molecule has 0 saturated heterocycles. The topological polar surface area (TPSA) is 81.2 Å². The van der Waals surface area contributed by atoms with Crippen molar-refractivity contribution in [3.05, 3.63) is 77.0 Å². The van der Waals surface area contributed by atoms with Crippen LogP contribution in [0.3, 0.4) is 0 Å². The number of allylic oxidation sites excluding steroid dienone is 1. The van der Waals surface area contributed by atoms with Crippen LogP contribution in [0.2, 0.25) is 0 Å². The molecule has 148 valence electrons. The number of nitrogens with one attached hydrogen (secondary N) is 1. The van der Waals surface area contributed by atoms with E-state index in [1.54, 1.807) is 30.5 Å². The molecule has 7 heteroatoms. The van der Waals surface area contributed by atoms with Crippen molar-refractivity contribution in [2.45, 2.75) is 19.1 Å². The van der Waals surface area contributed by atoms with Gasteiger partial charge in [0.1, 0.15) is 5.75 Å². The van der Waals surface area contributed by atoms with Gasteiger partial charge in [0.25, 0.3) is 0 Å². The Morgan fingerprint density at radius 3 is 2.83 bits per heavy atom. The predicted molar refractivity (Wildman–Crippen MR) is 114 cm³/mol. The molecular formula is C22H21N3O3S. The average molecular weight is 407 g/mol. The van der Waals surface area contributed by atoms with Gasteiger partial charge in [-0.2, -0.15) is 4.98 Å². The summed E-state index contributed by atoms with van der Waals surface area (Å²) in [6.45, 7) is 2.12. The van der Waals surface area contributed by atoms with Gasteiger partial charge in [0.15, 0.2) is 9.84 Å². The monoisotopic (exact) mass is 407 g/mol. The molecule has 0 spiro atoms. The Bertz CT molecular complexity index is 1200. The van der Waals surface area contributed by atoms with E-state index in [1.165, 1.54) is 23.0 Å². The summed E-state index contributed by atoms with van der Waals surface area (Å²) in [7, 11) is -3.10. The Balaban J connectivity index is 1.50. The van der Waals surface area contributed by atoms with E-state index in [1.807, 2.05) is 18.2 Å². The summed E-state index contributed by atoms with van der Waals surface area (Å²) in [5.74, 6) is 1.50. The van der Waals surface area contributed by atoms with Crippen LogP contribution in [0.4, 0.5) is 11.6 Å². The smallest absolute Gasteiger partial charge is 0.230 e. The lowest BCUT2D eigenvalue weighted by atomic mass is 10.1. The molecule has 0 aliphatic heterocycles. The number of benzene rings is 2. The van der Waals surface area contributed by atoms with Gasteiger partial charge in [-0.15, -0.1) is 0 Å². The Labute approximate surface area is 170 Å². The van der Waals surface area contributed by atoms with Gasteiger partial charge in [0.05, 0.1) is 5.75 Å². The highest BCUT2D eigenvalue weighted by molar-refractivity contribution is 7.89. The third-order valence-electron chi connectivity index (χ3n) is 4.45. The van der Waals surface area contributed by atoms with Crippen LogP contribution in [-0.2, 0) is 22.0 Å². The van der Waals surface area contributed by atoms with E-state index in [2.05, 4.69) is 34.4 Å². The fraction of sp³-hybridized carbons (Fsp3) is 0.182. The van der Waals surface area contributed by atoms with E-state index < -0.39 is 9.84 Å². The highest BCUT2D eigenvalue weighted by Gasteiger charge is 2.11. The van der Waals surface area contributed by atoms with Crippen LogP contribution in [0.1, 0.15) is 23.6 Å². The van der Waals surface area contributed by atoms with Crippen molar-refractivity contribution in [1.29, 1.82) is 0 Å². The van der Waals surface area contributed by atoms with Gasteiger partial charge in [-0.3, -0.25) is 0 Å². The van der Waals surface area contributed by atoms with Crippen LogP contribution in [0.25, 0.3) is 6.08 Å². The maximum absolute atomic E-state index is 11.5. The minimum atomic E-state index is -3.10. The molecule has 4 rings (SSSR count). The normalized spacial score (nSPS) is 13.0. The van der Waals surface area contributed by atoms with Gasteiger partial charge >= 0.3 is 0 Å². The highest BCUT2D eigenvalue weighted by atomic mass is 32.2. The van der Waals surface area contributed by atoms with Crippen LogP contribution < -0.4 is 10.1 Å². The molecule has 0 saturated carbocycles. The highest BCUT2D eigenvalue weighted by Crippen LogP contribution is 2.30. The van der Waals surface area contributed by atoms with Crippen LogP contribution >= 0.6 is 0 Å². The van der Waals surface area contributed by atoms with Gasteiger partial charge < -0.3 is 10.1 Å². The largest absolute Gasteiger partial charge is 0.439 e. The molecule has 1 heterocycles. The van der Waals surface area contributed by atoms with E-state index in [0.717, 1.165) is 12.2 Å². The molecule has 1 aliphatic carbocycles. The lowest BCUT2D eigenvalue weighted by Gasteiger charge is -2.09. The second kappa shape index (κ2) is 7.67. The molecule has 29 heavy (non-hydrogen) atoms. The SMILES string of the molecule is CC1=Cc2cc(Oc3ccnc(Nc4cccc(CS(C)(=O)=O)c4)n3)ccc2C1. The zero-order valence-corrected chi connectivity index (χ0v) is 17.0. The minimum absolute atomic E-state index is 0.0151. The quantitative estimate of drug-likeness (QED) is 0.647. The molecule has 3 aromatic rings. The van der Waals surface area contributed by atoms with Crippen molar-refractivity contribution >= 4 is 27.5 Å². The van der Waals surface area contributed by atoms with Crippen LogP contribution in [-0.4, -0.2) is 24.6 Å². The van der Waals surface area contributed by atoms with Gasteiger partial charge in [-0.25, -0.2) is 13.4 Å². The number of nitrogens with zero attached hydrogens (tertiary/aromatic N) is 2. The van der Waals surface area contributed by atoms with Crippen LogP contribution in [0.15, 0.2) is 60.3 Å². The molecule has 0 fully saturated rings. The summed E-state index contributed by atoms with van der Waals surface area (Å²) in [5, 5.41) is 3.10.